The van der Waals surface area contributed by atoms with Crippen molar-refractivity contribution in [3.63, 3.8) is 0 Å². The zero-order valence-electron chi connectivity index (χ0n) is 17.8. The molecule has 0 aromatic heterocycles. The van der Waals surface area contributed by atoms with E-state index in [-0.39, 0.29) is 5.78 Å². The molecule has 0 aliphatic heterocycles. The molecule has 0 radical (unpaired) electrons. The predicted molar refractivity (Wildman–Crippen MR) is 119 cm³/mol. The van der Waals surface area contributed by atoms with Crippen molar-refractivity contribution in [3.8, 4) is 0 Å². The maximum atomic E-state index is 12.7. The summed E-state index contributed by atoms with van der Waals surface area (Å²) in [5.74, 6) is 1.85. The van der Waals surface area contributed by atoms with E-state index in [2.05, 4.69) is 50.2 Å². The van der Waals surface area contributed by atoms with Crippen molar-refractivity contribution in [2.75, 3.05) is 0 Å². The SMILES string of the molecule is CCCCc1ccc(CC(=O)c2ccc(C3CCC(CCC)CC3)cc2)cc1. The van der Waals surface area contributed by atoms with Crippen molar-refractivity contribution >= 4 is 5.78 Å². The molecule has 2 aromatic rings. The van der Waals surface area contributed by atoms with Crippen LogP contribution in [0.2, 0.25) is 0 Å². The van der Waals surface area contributed by atoms with Crippen molar-refractivity contribution in [2.24, 2.45) is 5.92 Å². The number of hydrogen-bond donors (Lipinski definition) is 0. The first-order chi connectivity index (χ1) is 13.7. The number of ketones is 1. The van der Waals surface area contributed by atoms with Gasteiger partial charge in [-0.05, 0) is 67.1 Å². The fourth-order valence-corrected chi connectivity index (χ4v) is 4.63. The molecule has 1 fully saturated rings. The molecule has 0 saturated heterocycles. The van der Waals surface area contributed by atoms with Gasteiger partial charge in [-0.1, -0.05) is 81.6 Å². The maximum absolute atomic E-state index is 12.7. The van der Waals surface area contributed by atoms with Crippen molar-refractivity contribution in [2.45, 2.75) is 84.0 Å². The fraction of sp³-hybridized carbons (Fsp3) is 0.519. The van der Waals surface area contributed by atoms with Crippen LogP contribution in [-0.2, 0) is 12.8 Å². The average molecular weight is 377 g/mol. The van der Waals surface area contributed by atoms with Crippen LogP contribution >= 0.6 is 0 Å². The van der Waals surface area contributed by atoms with Gasteiger partial charge in [0.1, 0.15) is 0 Å². The average Bonchev–Trinajstić information content (AvgIpc) is 2.74. The van der Waals surface area contributed by atoms with E-state index in [1.807, 2.05) is 12.1 Å². The van der Waals surface area contributed by atoms with Gasteiger partial charge in [0.15, 0.2) is 5.78 Å². The minimum absolute atomic E-state index is 0.222. The van der Waals surface area contributed by atoms with E-state index >= 15 is 0 Å². The third-order valence-electron chi connectivity index (χ3n) is 6.45. The molecule has 0 bridgehead atoms. The molecule has 0 N–H and O–H groups in total. The van der Waals surface area contributed by atoms with E-state index in [9.17, 15) is 4.79 Å². The Morgan fingerprint density at radius 2 is 1.46 bits per heavy atom. The largest absolute Gasteiger partial charge is 0.294 e. The molecule has 1 aliphatic rings. The number of aryl methyl sites for hydroxylation is 1. The monoisotopic (exact) mass is 376 g/mol. The summed E-state index contributed by atoms with van der Waals surface area (Å²) in [5, 5.41) is 0. The Kier molecular flexibility index (Phi) is 7.89. The Morgan fingerprint density at radius 1 is 0.821 bits per heavy atom. The van der Waals surface area contributed by atoms with Gasteiger partial charge in [-0.2, -0.15) is 0 Å². The topological polar surface area (TPSA) is 17.1 Å². The van der Waals surface area contributed by atoms with Crippen LogP contribution in [-0.4, -0.2) is 5.78 Å². The summed E-state index contributed by atoms with van der Waals surface area (Å²) in [7, 11) is 0. The zero-order chi connectivity index (χ0) is 19.8. The fourth-order valence-electron chi connectivity index (χ4n) is 4.63. The molecule has 0 unspecified atom stereocenters. The lowest BCUT2D eigenvalue weighted by molar-refractivity contribution is 0.0993. The Labute approximate surface area is 171 Å². The number of carbonyl (C=O) groups is 1. The van der Waals surface area contributed by atoms with E-state index in [0.29, 0.717) is 12.3 Å². The van der Waals surface area contributed by atoms with Gasteiger partial charge in [0.05, 0.1) is 0 Å². The molecule has 3 rings (SSSR count). The highest BCUT2D eigenvalue weighted by atomic mass is 16.1. The van der Waals surface area contributed by atoms with Crippen molar-refractivity contribution in [1.82, 2.24) is 0 Å². The van der Waals surface area contributed by atoms with Gasteiger partial charge in [0, 0.05) is 12.0 Å². The van der Waals surface area contributed by atoms with Crippen LogP contribution in [0.4, 0.5) is 0 Å². The van der Waals surface area contributed by atoms with Crippen LogP contribution in [0.15, 0.2) is 48.5 Å². The van der Waals surface area contributed by atoms with Crippen LogP contribution in [0, 0.1) is 5.92 Å². The van der Waals surface area contributed by atoms with Gasteiger partial charge in [-0.25, -0.2) is 0 Å². The summed E-state index contributed by atoms with van der Waals surface area (Å²) in [6.45, 7) is 4.51. The van der Waals surface area contributed by atoms with Gasteiger partial charge in [0.2, 0.25) is 0 Å². The van der Waals surface area contributed by atoms with E-state index in [4.69, 9.17) is 0 Å². The molecule has 0 atom stereocenters. The molecule has 28 heavy (non-hydrogen) atoms. The second-order valence-electron chi connectivity index (χ2n) is 8.65. The smallest absolute Gasteiger partial charge is 0.167 e. The second kappa shape index (κ2) is 10.6. The zero-order valence-corrected chi connectivity index (χ0v) is 17.8. The van der Waals surface area contributed by atoms with Gasteiger partial charge in [-0.3, -0.25) is 4.79 Å². The summed E-state index contributed by atoms with van der Waals surface area (Å²) in [6.07, 6.45) is 12.1. The molecule has 0 amide bonds. The molecule has 1 heteroatoms. The van der Waals surface area contributed by atoms with Gasteiger partial charge in [-0.15, -0.1) is 0 Å². The van der Waals surface area contributed by atoms with E-state index < -0.39 is 0 Å². The number of unbranched alkanes of at least 4 members (excludes halogenated alkanes) is 1. The van der Waals surface area contributed by atoms with Gasteiger partial charge >= 0.3 is 0 Å². The van der Waals surface area contributed by atoms with E-state index in [1.165, 1.54) is 62.5 Å². The molecule has 1 saturated carbocycles. The quantitative estimate of drug-likeness (QED) is 0.413. The maximum Gasteiger partial charge on any atom is 0.167 e. The van der Waals surface area contributed by atoms with Crippen LogP contribution in [0.3, 0.4) is 0 Å². The Balaban J connectivity index is 1.54. The molecule has 1 nitrogen and oxygen atoms in total. The Bertz CT molecular complexity index is 718. The molecule has 2 aromatic carbocycles. The standard InChI is InChI=1S/C27H36O/c1-3-5-7-22-8-10-23(11-9-22)20-27(28)26-18-16-25(17-19-26)24-14-12-21(6-4-2)13-15-24/h8-11,16-19,21,24H,3-7,12-15,20H2,1-2H3. The summed E-state index contributed by atoms with van der Waals surface area (Å²) in [5.41, 5.74) is 4.75. The van der Waals surface area contributed by atoms with Crippen LogP contribution in [0.1, 0.15) is 98.2 Å². The van der Waals surface area contributed by atoms with Crippen molar-refractivity contribution < 1.29 is 4.79 Å². The third kappa shape index (κ3) is 5.80. The van der Waals surface area contributed by atoms with E-state index in [0.717, 1.165) is 23.5 Å². The minimum atomic E-state index is 0.222. The second-order valence-corrected chi connectivity index (χ2v) is 8.65. The number of rotatable bonds is 9. The predicted octanol–water partition coefficient (Wildman–Crippen LogP) is 7.53. The van der Waals surface area contributed by atoms with Crippen molar-refractivity contribution in [1.29, 1.82) is 0 Å². The third-order valence-corrected chi connectivity index (χ3v) is 6.45. The van der Waals surface area contributed by atoms with Crippen LogP contribution < -0.4 is 0 Å². The first-order valence-electron chi connectivity index (χ1n) is 11.4. The molecule has 0 heterocycles. The van der Waals surface area contributed by atoms with Crippen molar-refractivity contribution in [3.05, 3.63) is 70.8 Å². The number of benzene rings is 2. The highest BCUT2D eigenvalue weighted by Gasteiger charge is 2.22. The Morgan fingerprint density at radius 3 is 2.07 bits per heavy atom. The lowest BCUT2D eigenvalue weighted by Gasteiger charge is -2.28. The minimum Gasteiger partial charge on any atom is -0.294 e. The summed E-state index contributed by atoms with van der Waals surface area (Å²) < 4.78 is 0. The van der Waals surface area contributed by atoms with Gasteiger partial charge < -0.3 is 0 Å². The summed E-state index contributed by atoms with van der Waals surface area (Å²) in [6, 6.07) is 17.1. The summed E-state index contributed by atoms with van der Waals surface area (Å²) >= 11 is 0. The van der Waals surface area contributed by atoms with E-state index in [1.54, 1.807) is 0 Å². The number of Topliss-reactive ketones (excluding diaryl/α,β-unsaturated/α-hetero) is 1. The first kappa shape index (κ1) is 20.8. The summed E-state index contributed by atoms with van der Waals surface area (Å²) in [4.78, 5) is 12.7. The lowest BCUT2D eigenvalue weighted by Crippen LogP contribution is -2.13. The van der Waals surface area contributed by atoms with Gasteiger partial charge in [0.25, 0.3) is 0 Å². The highest BCUT2D eigenvalue weighted by Crippen LogP contribution is 2.37. The lowest BCUT2D eigenvalue weighted by atomic mass is 9.77. The number of hydrogen-bond acceptors (Lipinski definition) is 1. The molecular weight excluding hydrogens is 340 g/mol. The van der Waals surface area contributed by atoms with Crippen LogP contribution in [0.25, 0.3) is 0 Å². The molecular formula is C27H36O. The Hall–Kier alpha value is -1.89. The molecule has 1 aliphatic carbocycles. The highest BCUT2D eigenvalue weighted by molar-refractivity contribution is 5.97. The first-order valence-corrected chi connectivity index (χ1v) is 11.4. The number of carbonyl (C=O) groups excluding carboxylic acids is 1. The normalized spacial score (nSPS) is 19.5. The molecule has 150 valence electrons. The van der Waals surface area contributed by atoms with Crippen LogP contribution in [0.5, 0.6) is 0 Å². The molecule has 0 spiro atoms.